The smallest absolute Gasteiger partial charge is 0.0234 e. The number of likely N-dealkylation sites (tertiary alicyclic amines) is 1. The van der Waals surface area contributed by atoms with E-state index >= 15 is 0 Å². The molecule has 0 aliphatic carbocycles. The van der Waals surface area contributed by atoms with Crippen LogP contribution in [0.2, 0.25) is 0 Å². The maximum absolute atomic E-state index is 3.68. The minimum Gasteiger partial charge on any atom is -0.314 e. The van der Waals surface area contributed by atoms with E-state index in [2.05, 4.69) is 51.3 Å². The average molecular weight is 337 g/mol. The minimum absolute atomic E-state index is 0.811. The van der Waals surface area contributed by atoms with Gasteiger partial charge in [0.1, 0.15) is 0 Å². The van der Waals surface area contributed by atoms with Crippen molar-refractivity contribution in [1.29, 1.82) is 0 Å². The van der Waals surface area contributed by atoms with Gasteiger partial charge in [-0.25, -0.2) is 0 Å². The van der Waals surface area contributed by atoms with Crippen LogP contribution in [0.5, 0.6) is 0 Å². The average Bonchev–Trinajstić information content (AvgIpc) is 2.98. The van der Waals surface area contributed by atoms with Gasteiger partial charge in [0, 0.05) is 17.1 Å². The molecule has 1 aromatic rings. The van der Waals surface area contributed by atoms with Crippen molar-refractivity contribution in [3.8, 4) is 0 Å². The number of nitrogens with zero attached hydrogens (tertiary/aromatic N) is 1. The fraction of sp³-hybridized carbons (Fsp3) is 0.647. The summed E-state index contributed by atoms with van der Waals surface area (Å²) in [5.41, 5.74) is 2.75. The van der Waals surface area contributed by atoms with Gasteiger partial charge in [0.2, 0.25) is 0 Å². The van der Waals surface area contributed by atoms with Crippen molar-refractivity contribution in [2.45, 2.75) is 45.2 Å². The Kier molecular flexibility index (Phi) is 4.79. The maximum Gasteiger partial charge on any atom is 0.0234 e. The molecule has 1 unspecified atom stereocenters. The number of rotatable bonds is 3. The number of halogens is 1. The fourth-order valence-corrected chi connectivity index (χ4v) is 4.05. The van der Waals surface area contributed by atoms with E-state index in [1.54, 1.807) is 0 Å². The van der Waals surface area contributed by atoms with E-state index < -0.39 is 0 Å². The Bertz CT molecular complexity index is 446. The predicted octanol–water partition coefficient (Wildman–Crippen LogP) is 3.72. The fourth-order valence-electron chi connectivity index (χ4n) is 3.62. The molecule has 1 aromatic carbocycles. The van der Waals surface area contributed by atoms with Crippen molar-refractivity contribution in [3.05, 3.63) is 33.8 Å². The van der Waals surface area contributed by atoms with Gasteiger partial charge in [0.05, 0.1) is 0 Å². The normalized spacial score (nSPS) is 25.2. The number of benzene rings is 1. The molecule has 2 fully saturated rings. The molecule has 2 heterocycles. The van der Waals surface area contributed by atoms with E-state index in [1.807, 2.05) is 0 Å². The van der Waals surface area contributed by atoms with E-state index in [0.717, 1.165) is 18.5 Å². The van der Waals surface area contributed by atoms with Crippen molar-refractivity contribution in [2.24, 2.45) is 5.92 Å². The molecule has 1 atom stereocenters. The molecule has 2 aliphatic rings. The summed E-state index contributed by atoms with van der Waals surface area (Å²) in [6.45, 7) is 7.00. The minimum atomic E-state index is 0.811. The maximum atomic E-state index is 3.68. The largest absolute Gasteiger partial charge is 0.314 e. The first-order valence-electron chi connectivity index (χ1n) is 7.93. The molecule has 20 heavy (non-hydrogen) atoms. The molecule has 1 N–H and O–H groups in total. The van der Waals surface area contributed by atoms with Crippen molar-refractivity contribution in [2.75, 3.05) is 19.6 Å². The summed E-state index contributed by atoms with van der Waals surface area (Å²) in [6, 6.07) is 7.57. The first kappa shape index (κ1) is 14.6. The second-order valence-corrected chi connectivity index (χ2v) is 7.25. The van der Waals surface area contributed by atoms with Crippen molar-refractivity contribution in [1.82, 2.24) is 10.2 Å². The van der Waals surface area contributed by atoms with Gasteiger partial charge < -0.3 is 5.32 Å². The first-order chi connectivity index (χ1) is 9.72. The van der Waals surface area contributed by atoms with Gasteiger partial charge in [-0.05, 0) is 75.4 Å². The summed E-state index contributed by atoms with van der Waals surface area (Å²) >= 11 is 3.64. The molecule has 0 aromatic heterocycles. The van der Waals surface area contributed by atoms with Crippen LogP contribution in [0.4, 0.5) is 0 Å². The molecule has 0 amide bonds. The lowest BCUT2D eigenvalue weighted by molar-refractivity contribution is 0.157. The summed E-state index contributed by atoms with van der Waals surface area (Å²) in [5.74, 6) is 0.915. The van der Waals surface area contributed by atoms with Crippen LogP contribution in [0, 0.1) is 12.8 Å². The third-order valence-electron chi connectivity index (χ3n) is 4.94. The van der Waals surface area contributed by atoms with Crippen LogP contribution in [0.1, 0.15) is 36.8 Å². The molecule has 2 saturated heterocycles. The number of hydrogen-bond acceptors (Lipinski definition) is 2. The Labute approximate surface area is 131 Å². The molecule has 2 nitrogen and oxygen atoms in total. The van der Waals surface area contributed by atoms with Crippen LogP contribution in [0.25, 0.3) is 0 Å². The molecular formula is C17H25BrN2. The quantitative estimate of drug-likeness (QED) is 0.904. The second-order valence-electron chi connectivity index (χ2n) is 6.40. The van der Waals surface area contributed by atoms with Crippen LogP contribution in [-0.4, -0.2) is 30.6 Å². The third kappa shape index (κ3) is 3.44. The number of piperidine rings is 1. The summed E-state index contributed by atoms with van der Waals surface area (Å²) < 4.78 is 1.24. The van der Waals surface area contributed by atoms with Gasteiger partial charge in [-0.3, -0.25) is 4.90 Å². The highest BCUT2D eigenvalue weighted by Gasteiger charge is 2.28. The van der Waals surface area contributed by atoms with E-state index in [1.165, 1.54) is 60.9 Å². The van der Waals surface area contributed by atoms with E-state index in [0.29, 0.717) is 0 Å². The first-order valence-corrected chi connectivity index (χ1v) is 8.72. The second kappa shape index (κ2) is 6.59. The molecule has 0 bridgehead atoms. The molecule has 3 heteroatoms. The topological polar surface area (TPSA) is 15.3 Å². The Morgan fingerprint density at radius 1 is 1.25 bits per heavy atom. The molecule has 2 aliphatic heterocycles. The Hall–Kier alpha value is -0.380. The highest BCUT2D eigenvalue weighted by atomic mass is 79.9. The number of hydrogen-bond donors (Lipinski definition) is 1. The van der Waals surface area contributed by atoms with Crippen molar-refractivity contribution < 1.29 is 0 Å². The summed E-state index contributed by atoms with van der Waals surface area (Å²) in [5, 5.41) is 3.68. The van der Waals surface area contributed by atoms with Crippen LogP contribution in [0.15, 0.2) is 22.7 Å². The SMILES string of the molecule is Cc1ccc(CN2CCC(C3CCCN3)CC2)cc1Br. The summed E-state index contributed by atoms with van der Waals surface area (Å²) in [6.07, 6.45) is 5.51. The number of nitrogens with one attached hydrogen (secondary N) is 1. The Morgan fingerprint density at radius 2 is 2.05 bits per heavy atom. The number of aryl methyl sites for hydroxylation is 1. The summed E-state index contributed by atoms with van der Waals surface area (Å²) in [4.78, 5) is 2.61. The van der Waals surface area contributed by atoms with E-state index in [-0.39, 0.29) is 0 Å². The lowest BCUT2D eigenvalue weighted by Gasteiger charge is -2.35. The predicted molar refractivity (Wildman–Crippen MR) is 87.9 cm³/mol. The van der Waals surface area contributed by atoms with Gasteiger partial charge in [0.15, 0.2) is 0 Å². The summed E-state index contributed by atoms with van der Waals surface area (Å²) in [7, 11) is 0. The zero-order valence-electron chi connectivity index (χ0n) is 12.4. The molecule has 110 valence electrons. The van der Waals surface area contributed by atoms with Crippen LogP contribution >= 0.6 is 15.9 Å². The van der Waals surface area contributed by atoms with E-state index in [9.17, 15) is 0 Å². The molecule has 0 spiro atoms. The third-order valence-corrected chi connectivity index (χ3v) is 5.80. The van der Waals surface area contributed by atoms with Gasteiger partial charge in [-0.15, -0.1) is 0 Å². The zero-order valence-corrected chi connectivity index (χ0v) is 14.0. The van der Waals surface area contributed by atoms with Gasteiger partial charge in [-0.2, -0.15) is 0 Å². The lowest BCUT2D eigenvalue weighted by Crippen LogP contribution is -2.40. The molecule has 0 saturated carbocycles. The van der Waals surface area contributed by atoms with Gasteiger partial charge >= 0.3 is 0 Å². The van der Waals surface area contributed by atoms with Crippen LogP contribution < -0.4 is 5.32 Å². The molecule has 3 rings (SSSR count). The highest BCUT2D eigenvalue weighted by molar-refractivity contribution is 9.10. The Balaban J connectivity index is 1.51. The Morgan fingerprint density at radius 3 is 2.70 bits per heavy atom. The highest BCUT2D eigenvalue weighted by Crippen LogP contribution is 2.27. The van der Waals surface area contributed by atoms with E-state index in [4.69, 9.17) is 0 Å². The molecule has 0 radical (unpaired) electrons. The lowest BCUT2D eigenvalue weighted by atomic mass is 9.88. The van der Waals surface area contributed by atoms with Crippen molar-refractivity contribution in [3.63, 3.8) is 0 Å². The van der Waals surface area contributed by atoms with Crippen LogP contribution in [0.3, 0.4) is 0 Å². The van der Waals surface area contributed by atoms with Crippen LogP contribution in [-0.2, 0) is 6.54 Å². The van der Waals surface area contributed by atoms with Crippen molar-refractivity contribution >= 4 is 15.9 Å². The van der Waals surface area contributed by atoms with Gasteiger partial charge in [-0.1, -0.05) is 28.1 Å². The molecular weight excluding hydrogens is 312 g/mol. The monoisotopic (exact) mass is 336 g/mol. The zero-order chi connectivity index (χ0) is 13.9. The van der Waals surface area contributed by atoms with Gasteiger partial charge in [0.25, 0.3) is 0 Å². The standard InChI is InChI=1S/C17H25BrN2/c1-13-4-5-14(11-16(13)18)12-20-9-6-15(7-10-20)17-3-2-8-19-17/h4-5,11,15,17,19H,2-3,6-10,12H2,1H3.